The van der Waals surface area contributed by atoms with E-state index in [9.17, 15) is 9.18 Å². The molecule has 0 aliphatic rings. The first-order valence-corrected chi connectivity index (χ1v) is 11.6. The van der Waals surface area contributed by atoms with E-state index in [4.69, 9.17) is 4.74 Å². The number of thiazole rings is 1. The summed E-state index contributed by atoms with van der Waals surface area (Å²) in [4.78, 5) is 18.1. The van der Waals surface area contributed by atoms with Crippen molar-refractivity contribution in [3.8, 4) is 5.75 Å². The number of carbonyl (C=O) groups is 1. The summed E-state index contributed by atoms with van der Waals surface area (Å²) in [5.74, 6) is 0.720. The minimum Gasteiger partial charge on any atom is -0.483 e. The van der Waals surface area contributed by atoms with Gasteiger partial charge in [-0.2, -0.15) is 0 Å². The van der Waals surface area contributed by atoms with Crippen molar-refractivity contribution in [3.05, 3.63) is 46.5 Å². The lowest BCUT2D eigenvalue weighted by atomic mass is 10.3. The fourth-order valence-corrected chi connectivity index (χ4v) is 4.65. The molecule has 2 unspecified atom stereocenters. The van der Waals surface area contributed by atoms with Crippen LogP contribution in [0.3, 0.4) is 0 Å². The highest BCUT2D eigenvalue weighted by Crippen LogP contribution is 2.30. The molecule has 1 aromatic carbocycles. The topological polar surface area (TPSA) is 81.9 Å². The Balaban J connectivity index is 1.73. The number of hydrogen-bond donors (Lipinski definition) is 1. The lowest BCUT2D eigenvalue weighted by molar-refractivity contribution is -0.115. The highest BCUT2D eigenvalue weighted by atomic mass is 32.2. The zero-order valence-electron chi connectivity index (χ0n) is 18.3. The van der Waals surface area contributed by atoms with Crippen molar-refractivity contribution in [1.82, 2.24) is 19.7 Å². The summed E-state index contributed by atoms with van der Waals surface area (Å²) in [5.41, 5.74) is 0.917. The molecule has 3 aromatic rings. The molecular weight excluding hydrogens is 437 g/mol. The predicted octanol–water partition coefficient (Wildman–Crippen LogP) is 5.33. The molecule has 2 aromatic heterocycles. The quantitative estimate of drug-likeness (QED) is 0.455. The van der Waals surface area contributed by atoms with Gasteiger partial charge in [0.1, 0.15) is 11.6 Å². The molecule has 0 saturated heterocycles. The monoisotopic (exact) mass is 463 g/mol. The van der Waals surface area contributed by atoms with Crippen LogP contribution in [0.25, 0.3) is 0 Å². The van der Waals surface area contributed by atoms with Crippen molar-refractivity contribution in [2.75, 3.05) is 5.32 Å². The maximum Gasteiger partial charge on any atom is 0.239 e. The average Bonchev–Trinajstić information content (AvgIpc) is 3.26. The Morgan fingerprint density at radius 3 is 2.42 bits per heavy atom. The second kappa shape index (κ2) is 9.78. The molecule has 0 bridgehead atoms. The van der Waals surface area contributed by atoms with Gasteiger partial charge in [-0.1, -0.05) is 11.8 Å². The third-order valence-corrected chi connectivity index (χ3v) is 6.65. The van der Waals surface area contributed by atoms with E-state index >= 15 is 0 Å². The molecule has 3 rings (SSSR count). The fourth-order valence-electron chi connectivity index (χ4n) is 2.85. The number of aryl methyl sites for hydroxylation is 2. The third kappa shape index (κ3) is 5.62. The van der Waals surface area contributed by atoms with Crippen molar-refractivity contribution in [1.29, 1.82) is 0 Å². The minimum absolute atomic E-state index is 0.0614. The van der Waals surface area contributed by atoms with Gasteiger partial charge in [0.05, 0.1) is 10.9 Å². The van der Waals surface area contributed by atoms with Gasteiger partial charge in [0, 0.05) is 10.9 Å². The third-order valence-electron chi connectivity index (χ3n) is 4.61. The number of ether oxygens (including phenoxy) is 1. The number of thioether (sulfide) groups is 1. The number of carbonyl (C=O) groups excluding carboxylic acids is 1. The highest BCUT2D eigenvalue weighted by molar-refractivity contribution is 8.00. The largest absolute Gasteiger partial charge is 0.483 e. The number of rotatable bonds is 8. The summed E-state index contributed by atoms with van der Waals surface area (Å²) in [6, 6.07) is 5.91. The van der Waals surface area contributed by atoms with Crippen LogP contribution in [0.15, 0.2) is 29.4 Å². The van der Waals surface area contributed by atoms with Gasteiger partial charge in [0.2, 0.25) is 5.91 Å². The molecular formula is C21H26FN5O2S2. The number of benzene rings is 1. The van der Waals surface area contributed by atoms with Crippen LogP contribution < -0.4 is 10.1 Å². The van der Waals surface area contributed by atoms with Gasteiger partial charge in [-0.25, -0.2) is 9.37 Å². The summed E-state index contributed by atoms with van der Waals surface area (Å²) in [7, 11) is 0. The molecule has 1 N–H and O–H groups in total. The summed E-state index contributed by atoms with van der Waals surface area (Å²) in [5, 5.41) is 12.3. The fraction of sp³-hybridized carbons (Fsp3) is 0.429. The van der Waals surface area contributed by atoms with Crippen LogP contribution in [-0.4, -0.2) is 30.9 Å². The van der Waals surface area contributed by atoms with Crippen LogP contribution in [0.5, 0.6) is 5.75 Å². The average molecular weight is 464 g/mol. The van der Waals surface area contributed by atoms with E-state index in [1.54, 1.807) is 12.1 Å². The first-order valence-electron chi connectivity index (χ1n) is 9.94. The van der Waals surface area contributed by atoms with Gasteiger partial charge in [-0.15, -0.1) is 21.5 Å². The van der Waals surface area contributed by atoms with Crippen molar-refractivity contribution >= 4 is 34.1 Å². The van der Waals surface area contributed by atoms with Crippen LogP contribution in [0.4, 0.5) is 9.52 Å². The van der Waals surface area contributed by atoms with Gasteiger partial charge >= 0.3 is 0 Å². The first kappa shape index (κ1) is 23.2. The standard InChI is InChI=1S/C21H26FN5O2S2/c1-11(2)27-18(13(4)29-17-9-7-16(22)8-10-17)25-26-21(27)31-15(6)19(28)24-20-23-12(3)14(5)30-20/h7-11,13,15H,1-6H3,(H,23,24,28). The Kier molecular flexibility index (Phi) is 7.32. The second-order valence-corrected chi connectivity index (χ2v) is 9.94. The van der Waals surface area contributed by atoms with Crippen molar-refractivity contribution in [2.24, 2.45) is 0 Å². The summed E-state index contributed by atoms with van der Waals surface area (Å²) in [6.45, 7) is 11.6. The maximum atomic E-state index is 13.1. The zero-order valence-corrected chi connectivity index (χ0v) is 20.0. The van der Waals surface area contributed by atoms with Gasteiger partial charge in [-0.3, -0.25) is 4.79 Å². The Bertz CT molecular complexity index is 1030. The molecule has 0 fully saturated rings. The van der Waals surface area contributed by atoms with E-state index in [-0.39, 0.29) is 17.8 Å². The SMILES string of the molecule is Cc1nc(NC(=O)C(C)Sc2nnc(C(C)Oc3ccc(F)cc3)n2C(C)C)sc1C. The van der Waals surface area contributed by atoms with Crippen LogP contribution in [0.1, 0.15) is 56.2 Å². The van der Waals surface area contributed by atoms with Gasteiger partial charge in [0.15, 0.2) is 22.2 Å². The van der Waals surface area contributed by atoms with Gasteiger partial charge in [0.25, 0.3) is 0 Å². The molecule has 0 aliphatic heterocycles. The molecule has 1 amide bonds. The smallest absolute Gasteiger partial charge is 0.239 e. The molecule has 31 heavy (non-hydrogen) atoms. The Hall–Kier alpha value is -2.46. The second-order valence-electron chi connectivity index (χ2n) is 7.43. The lowest BCUT2D eigenvalue weighted by Crippen LogP contribution is -2.23. The summed E-state index contributed by atoms with van der Waals surface area (Å²) >= 11 is 2.79. The number of nitrogens with zero attached hydrogens (tertiary/aromatic N) is 4. The van der Waals surface area contributed by atoms with E-state index in [2.05, 4.69) is 20.5 Å². The highest BCUT2D eigenvalue weighted by Gasteiger charge is 2.25. The summed E-state index contributed by atoms with van der Waals surface area (Å²) < 4.78 is 21.0. The predicted molar refractivity (Wildman–Crippen MR) is 121 cm³/mol. The molecule has 0 radical (unpaired) electrons. The van der Waals surface area contributed by atoms with E-state index < -0.39 is 11.4 Å². The Labute approximate surface area is 189 Å². The molecule has 0 aliphatic carbocycles. The van der Waals surface area contributed by atoms with E-state index in [0.717, 1.165) is 10.6 Å². The lowest BCUT2D eigenvalue weighted by Gasteiger charge is -2.19. The number of amides is 1. The van der Waals surface area contributed by atoms with Crippen LogP contribution in [0, 0.1) is 19.7 Å². The van der Waals surface area contributed by atoms with Crippen molar-refractivity contribution in [2.45, 2.75) is 64.1 Å². The van der Waals surface area contributed by atoms with E-state index in [1.807, 2.05) is 46.1 Å². The van der Waals surface area contributed by atoms with E-state index in [0.29, 0.717) is 21.9 Å². The number of halogens is 1. The minimum atomic E-state index is -0.403. The number of hydrogen-bond acceptors (Lipinski definition) is 7. The molecule has 2 heterocycles. The molecule has 166 valence electrons. The number of nitrogens with one attached hydrogen (secondary N) is 1. The summed E-state index contributed by atoms with van der Waals surface area (Å²) in [6.07, 6.45) is -0.403. The molecule has 0 spiro atoms. The maximum absolute atomic E-state index is 13.1. The van der Waals surface area contributed by atoms with Crippen LogP contribution in [0.2, 0.25) is 0 Å². The number of aromatic nitrogens is 4. The Morgan fingerprint density at radius 1 is 1.16 bits per heavy atom. The van der Waals surface area contributed by atoms with E-state index in [1.165, 1.54) is 35.2 Å². The van der Waals surface area contributed by atoms with Gasteiger partial charge < -0.3 is 14.6 Å². The molecule has 0 saturated carbocycles. The van der Waals surface area contributed by atoms with Crippen LogP contribution in [-0.2, 0) is 4.79 Å². The molecule has 2 atom stereocenters. The zero-order chi connectivity index (χ0) is 22.7. The first-order chi connectivity index (χ1) is 14.7. The number of anilines is 1. The van der Waals surface area contributed by atoms with Gasteiger partial charge in [-0.05, 0) is 65.8 Å². The molecule has 7 nitrogen and oxygen atoms in total. The molecule has 10 heteroatoms. The van der Waals surface area contributed by atoms with Crippen LogP contribution >= 0.6 is 23.1 Å². The van der Waals surface area contributed by atoms with Crippen molar-refractivity contribution < 1.29 is 13.9 Å². The normalized spacial score (nSPS) is 13.3. The van der Waals surface area contributed by atoms with Crippen molar-refractivity contribution in [3.63, 3.8) is 0 Å². The Morgan fingerprint density at radius 2 is 1.84 bits per heavy atom.